The third-order valence-corrected chi connectivity index (χ3v) is 6.96. The summed E-state index contributed by atoms with van der Waals surface area (Å²) in [5.74, 6) is -5.54. The maximum atomic E-state index is 13.9. The Hall–Kier alpha value is -4.46. The number of methoxy groups -OCH3 is 3. The van der Waals surface area contributed by atoms with E-state index in [4.69, 9.17) is 14.2 Å². The number of nitrogens with one attached hydrogen (secondary N) is 1. The molecular formula is C31H33NO7. The lowest BCUT2D eigenvalue weighted by atomic mass is 9.67. The molecule has 1 N–H and O–H groups in total. The second-order valence-electron chi connectivity index (χ2n) is 9.13. The molecule has 3 rings (SSSR count). The molecule has 8 heteroatoms. The molecule has 39 heavy (non-hydrogen) atoms. The van der Waals surface area contributed by atoms with Gasteiger partial charge < -0.3 is 19.5 Å². The first kappa shape index (κ1) is 29.1. The summed E-state index contributed by atoms with van der Waals surface area (Å²) in [5, 5.41) is 2.74. The molecule has 0 aliphatic carbocycles. The Morgan fingerprint density at radius 2 is 1.00 bits per heavy atom. The van der Waals surface area contributed by atoms with Crippen molar-refractivity contribution in [1.82, 2.24) is 5.32 Å². The minimum Gasteiger partial charge on any atom is -0.468 e. The van der Waals surface area contributed by atoms with Gasteiger partial charge in [-0.25, -0.2) is 4.79 Å². The van der Waals surface area contributed by atoms with Gasteiger partial charge in [-0.3, -0.25) is 14.4 Å². The summed E-state index contributed by atoms with van der Waals surface area (Å²) < 4.78 is 14.5. The molecule has 204 valence electrons. The molecule has 0 spiro atoms. The SMILES string of the molecule is COC(=O)C(C(=O)OC)[C@@H](C)[C@@H](NC(=O)CC(c1ccccc1)(c1ccccc1)c1ccccc1)C(=O)OC. The van der Waals surface area contributed by atoms with Crippen LogP contribution in [-0.2, 0) is 38.8 Å². The molecule has 3 aromatic carbocycles. The Morgan fingerprint density at radius 3 is 1.33 bits per heavy atom. The van der Waals surface area contributed by atoms with E-state index in [0.717, 1.165) is 30.9 Å². The monoisotopic (exact) mass is 531 g/mol. The number of hydrogen-bond donors (Lipinski definition) is 1. The number of esters is 3. The number of carbonyl (C=O) groups is 4. The molecule has 2 atom stereocenters. The van der Waals surface area contributed by atoms with Gasteiger partial charge in [-0.15, -0.1) is 0 Å². The fourth-order valence-electron chi connectivity index (χ4n) is 4.94. The largest absolute Gasteiger partial charge is 0.468 e. The standard InChI is InChI=1S/C31H33NO7/c1-21(26(28(34)37-2)29(35)38-3)27(30(36)39-4)32-25(33)20-31(22-14-8-5-9-15-22,23-16-10-6-11-17-23)24-18-12-7-13-19-24/h5-19,21,26-27H,20H2,1-4H3,(H,32,33)/t21-,27-/m1/s1. The minimum absolute atomic E-state index is 0.0770. The molecule has 8 nitrogen and oxygen atoms in total. The van der Waals surface area contributed by atoms with Gasteiger partial charge in [0.05, 0.1) is 26.7 Å². The zero-order valence-corrected chi connectivity index (χ0v) is 22.5. The van der Waals surface area contributed by atoms with Crippen molar-refractivity contribution in [1.29, 1.82) is 0 Å². The van der Waals surface area contributed by atoms with Crippen LogP contribution in [0.4, 0.5) is 0 Å². The van der Waals surface area contributed by atoms with E-state index < -0.39 is 47.1 Å². The fraction of sp³-hybridized carbons (Fsp3) is 0.290. The van der Waals surface area contributed by atoms with Crippen molar-refractivity contribution in [2.24, 2.45) is 11.8 Å². The highest BCUT2D eigenvalue weighted by Crippen LogP contribution is 2.42. The fourth-order valence-corrected chi connectivity index (χ4v) is 4.94. The molecule has 0 bridgehead atoms. The van der Waals surface area contributed by atoms with Crippen LogP contribution in [0.25, 0.3) is 0 Å². The molecule has 0 saturated heterocycles. The first-order valence-corrected chi connectivity index (χ1v) is 12.5. The van der Waals surface area contributed by atoms with Gasteiger partial charge in [0.2, 0.25) is 5.91 Å². The predicted molar refractivity (Wildman–Crippen MR) is 144 cm³/mol. The Balaban J connectivity index is 2.09. The molecule has 0 heterocycles. The third-order valence-electron chi connectivity index (χ3n) is 6.96. The molecule has 0 aliphatic rings. The third kappa shape index (κ3) is 6.34. The summed E-state index contributed by atoms with van der Waals surface area (Å²) in [5.41, 5.74) is 1.72. The minimum atomic E-state index is -1.45. The maximum Gasteiger partial charge on any atom is 0.328 e. The zero-order valence-electron chi connectivity index (χ0n) is 22.5. The van der Waals surface area contributed by atoms with Gasteiger partial charge in [0.15, 0.2) is 5.92 Å². The number of carbonyl (C=O) groups excluding carboxylic acids is 4. The highest BCUT2D eigenvalue weighted by molar-refractivity contribution is 5.96. The lowest BCUT2D eigenvalue weighted by Gasteiger charge is -2.36. The van der Waals surface area contributed by atoms with Crippen LogP contribution in [0.15, 0.2) is 91.0 Å². The first-order valence-electron chi connectivity index (χ1n) is 12.5. The van der Waals surface area contributed by atoms with Crippen LogP contribution < -0.4 is 5.32 Å². The van der Waals surface area contributed by atoms with Gasteiger partial charge in [0.25, 0.3) is 0 Å². The summed E-state index contributed by atoms with van der Waals surface area (Å²) >= 11 is 0. The van der Waals surface area contributed by atoms with Crippen LogP contribution in [0.3, 0.4) is 0 Å². The average Bonchev–Trinajstić information content (AvgIpc) is 2.99. The summed E-state index contributed by atoms with van der Waals surface area (Å²) in [6.45, 7) is 1.49. The second-order valence-corrected chi connectivity index (χ2v) is 9.13. The van der Waals surface area contributed by atoms with Crippen molar-refractivity contribution < 1.29 is 33.4 Å². The number of ether oxygens (including phenoxy) is 3. The topological polar surface area (TPSA) is 108 Å². The summed E-state index contributed by atoms with van der Waals surface area (Å²) in [4.78, 5) is 51.6. The molecule has 0 saturated carbocycles. The Bertz CT molecular complexity index is 1150. The van der Waals surface area contributed by atoms with Crippen molar-refractivity contribution in [3.05, 3.63) is 108 Å². The van der Waals surface area contributed by atoms with E-state index in [-0.39, 0.29) is 6.42 Å². The van der Waals surface area contributed by atoms with E-state index in [2.05, 4.69) is 5.32 Å². The van der Waals surface area contributed by atoms with Crippen molar-refractivity contribution in [2.45, 2.75) is 24.8 Å². The van der Waals surface area contributed by atoms with Gasteiger partial charge in [0.1, 0.15) is 6.04 Å². The van der Waals surface area contributed by atoms with E-state index in [1.54, 1.807) is 0 Å². The van der Waals surface area contributed by atoms with E-state index in [1.807, 2.05) is 91.0 Å². The Morgan fingerprint density at radius 1 is 0.641 bits per heavy atom. The van der Waals surface area contributed by atoms with E-state index in [9.17, 15) is 19.2 Å². The second kappa shape index (κ2) is 13.4. The predicted octanol–water partition coefficient (Wildman–Crippen LogP) is 3.67. The molecule has 0 aliphatic heterocycles. The lowest BCUT2D eigenvalue weighted by Crippen LogP contribution is -2.52. The van der Waals surface area contributed by atoms with Crippen molar-refractivity contribution in [3.8, 4) is 0 Å². The van der Waals surface area contributed by atoms with Crippen LogP contribution in [0.2, 0.25) is 0 Å². The summed E-state index contributed by atoms with van der Waals surface area (Å²) in [6, 6.07) is 27.6. The first-order chi connectivity index (χ1) is 18.8. The zero-order chi connectivity index (χ0) is 28.4. The molecular weight excluding hydrogens is 498 g/mol. The van der Waals surface area contributed by atoms with Crippen LogP contribution >= 0.6 is 0 Å². The molecule has 0 unspecified atom stereocenters. The van der Waals surface area contributed by atoms with Gasteiger partial charge in [-0.1, -0.05) is 97.9 Å². The summed E-state index contributed by atoms with van der Waals surface area (Å²) in [7, 11) is 3.43. The smallest absolute Gasteiger partial charge is 0.328 e. The number of hydrogen-bond acceptors (Lipinski definition) is 7. The van der Waals surface area contributed by atoms with Crippen LogP contribution in [0.5, 0.6) is 0 Å². The lowest BCUT2D eigenvalue weighted by molar-refractivity contribution is -0.163. The molecule has 0 aromatic heterocycles. The van der Waals surface area contributed by atoms with Crippen molar-refractivity contribution in [2.75, 3.05) is 21.3 Å². The normalized spacial score (nSPS) is 12.6. The van der Waals surface area contributed by atoms with E-state index in [0.29, 0.717) is 0 Å². The highest BCUT2D eigenvalue weighted by atomic mass is 16.5. The molecule has 1 amide bonds. The quantitative estimate of drug-likeness (QED) is 0.174. The van der Waals surface area contributed by atoms with Crippen molar-refractivity contribution >= 4 is 23.8 Å². The van der Waals surface area contributed by atoms with Crippen LogP contribution in [0, 0.1) is 11.8 Å². The van der Waals surface area contributed by atoms with Crippen LogP contribution in [-0.4, -0.2) is 51.2 Å². The molecule has 0 radical (unpaired) electrons. The molecule has 3 aromatic rings. The number of amides is 1. The highest BCUT2D eigenvalue weighted by Gasteiger charge is 2.44. The number of rotatable bonds is 11. The molecule has 0 fully saturated rings. The Labute approximate surface area is 228 Å². The van der Waals surface area contributed by atoms with Gasteiger partial charge >= 0.3 is 17.9 Å². The van der Waals surface area contributed by atoms with Gasteiger partial charge in [-0.2, -0.15) is 0 Å². The van der Waals surface area contributed by atoms with E-state index >= 15 is 0 Å². The van der Waals surface area contributed by atoms with Gasteiger partial charge in [0, 0.05) is 12.3 Å². The maximum absolute atomic E-state index is 13.9. The van der Waals surface area contributed by atoms with E-state index in [1.165, 1.54) is 14.0 Å². The summed E-state index contributed by atoms with van der Waals surface area (Å²) in [6.07, 6.45) is -0.0770. The average molecular weight is 532 g/mol. The van der Waals surface area contributed by atoms with Crippen LogP contribution in [0.1, 0.15) is 30.0 Å². The number of benzene rings is 3. The van der Waals surface area contributed by atoms with Crippen molar-refractivity contribution in [3.63, 3.8) is 0 Å². The van der Waals surface area contributed by atoms with Gasteiger partial charge in [-0.05, 0) is 16.7 Å². The Kier molecular flexibility index (Phi) is 9.98.